The third-order valence-corrected chi connectivity index (χ3v) is 5.99. The second-order valence-corrected chi connectivity index (χ2v) is 8.23. The molecule has 0 saturated carbocycles. The molecule has 1 aliphatic heterocycles. The SMILES string of the molecule is C=CC(=O)N1[C@H](C)CN(c2ncnc3c(F)c(-c4c(O)cccc4F)c(Cl)cc23)C[C@H]1C. The number of phenols is 1. The summed E-state index contributed by atoms with van der Waals surface area (Å²) in [5.74, 6) is -1.77. The Kier molecular flexibility index (Phi) is 5.73. The van der Waals surface area contributed by atoms with Crippen molar-refractivity contribution in [3.63, 3.8) is 0 Å². The number of carbonyl (C=O) groups is 1. The number of amides is 1. The van der Waals surface area contributed by atoms with Crippen LogP contribution in [0.4, 0.5) is 14.6 Å². The summed E-state index contributed by atoms with van der Waals surface area (Å²) >= 11 is 6.38. The van der Waals surface area contributed by atoms with Crippen molar-refractivity contribution >= 4 is 34.2 Å². The monoisotopic (exact) mass is 458 g/mol. The number of aromatic nitrogens is 2. The molecule has 2 heterocycles. The lowest BCUT2D eigenvalue weighted by Gasteiger charge is -2.44. The van der Waals surface area contributed by atoms with Crippen molar-refractivity contribution in [2.45, 2.75) is 25.9 Å². The Labute approximate surface area is 188 Å². The number of hydrogen-bond acceptors (Lipinski definition) is 5. The van der Waals surface area contributed by atoms with Gasteiger partial charge in [-0.2, -0.15) is 0 Å². The van der Waals surface area contributed by atoms with Crippen molar-refractivity contribution in [3.8, 4) is 16.9 Å². The van der Waals surface area contributed by atoms with Crippen LogP contribution in [0.25, 0.3) is 22.0 Å². The summed E-state index contributed by atoms with van der Waals surface area (Å²) in [5.41, 5.74) is -0.625. The molecule has 0 bridgehead atoms. The maximum atomic E-state index is 15.6. The number of hydrogen-bond donors (Lipinski definition) is 1. The molecule has 1 aromatic heterocycles. The molecule has 166 valence electrons. The number of carbonyl (C=O) groups excluding carboxylic acids is 1. The van der Waals surface area contributed by atoms with Crippen LogP contribution in [0.3, 0.4) is 0 Å². The van der Waals surface area contributed by atoms with E-state index >= 15 is 4.39 Å². The number of anilines is 1. The van der Waals surface area contributed by atoms with Gasteiger partial charge in [-0.25, -0.2) is 18.7 Å². The van der Waals surface area contributed by atoms with Gasteiger partial charge in [-0.15, -0.1) is 0 Å². The molecule has 0 radical (unpaired) electrons. The standard InChI is InChI=1S/C23H21ClF2N4O2/c1-4-18(32)30-12(2)9-29(10-13(30)3)23-14-8-15(24)19(21(26)22(14)27-11-28-23)20-16(25)6-5-7-17(20)31/h4-8,11-13,31H,1,9-10H2,2-3H3/t12-,13-/m1/s1. The molecule has 1 N–H and O–H groups in total. The third-order valence-electron chi connectivity index (χ3n) is 5.69. The van der Waals surface area contributed by atoms with E-state index in [1.165, 1.54) is 30.6 Å². The molecule has 1 saturated heterocycles. The van der Waals surface area contributed by atoms with E-state index in [2.05, 4.69) is 16.5 Å². The largest absolute Gasteiger partial charge is 0.507 e. The minimum Gasteiger partial charge on any atom is -0.507 e. The lowest BCUT2D eigenvalue weighted by molar-refractivity contribution is -0.130. The molecule has 9 heteroatoms. The fourth-order valence-corrected chi connectivity index (χ4v) is 4.68. The molecule has 6 nitrogen and oxygen atoms in total. The Morgan fingerprint density at radius 1 is 1.22 bits per heavy atom. The molecular formula is C23H21ClF2N4O2. The second kappa shape index (κ2) is 8.35. The van der Waals surface area contributed by atoms with Crippen LogP contribution >= 0.6 is 11.6 Å². The summed E-state index contributed by atoms with van der Waals surface area (Å²) < 4.78 is 30.0. The Bertz CT molecular complexity index is 1200. The van der Waals surface area contributed by atoms with E-state index in [1.807, 2.05) is 18.7 Å². The molecule has 1 amide bonds. The molecule has 0 spiro atoms. The van der Waals surface area contributed by atoms with E-state index in [9.17, 15) is 14.3 Å². The van der Waals surface area contributed by atoms with Gasteiger partial charge in [0.05, 0.1) is 10.6 Å². The van der Waals surface area contributed by atoms with Gasteiger partial charge in [-0.1, -0.05) is 24.2 Å². The van der Waals surface area contributed by atoms with Gasteiger partial charge in [0.1, 0.15) is 29.2 Å². The highest BCUT2D eigenvalue weighted by molar-refractivity contribution is 6.34. The number of piperazine rings is 1. The average molecular weight is 459 g/mol. The van der Waals surface area contributed by atoms with Gasteiger partial charge in [-0.05, 0) is 38.1 Å². The topological polar surface area (TPSA) is 69.6 Å². The molecule has 2 atom stereocenters. The van der Waals surface area contributed by atoms with Crippen molar-refractivity contribution in [1.82, 2.24) is 14.9 Å². The first-order valence-electron chi connectivity index (χ1n) is 10.0. The summed E-state index contributed by atoms with van der Waals surface area (Å²) in [6.07, 6.45) is 2.52. The van der Waals surface area contributed by atoms with Gasteiger partial charge in [0.25, 0.3) is 0 Å². The number of halogens is 3. The molecule has 0 unspecified atom stereocenters. The second-order valence-electron chi connectivity index (χ2n) is 7.83. The minimum atomic E-state index is -0.849. The van der Waals surface area contributed by atoms with Crippen LogP contribution in [0.5, 0.6) is 5.75 Å². The van der Waals surface area contributed by atoms with E-state index in [1.54, 1.807) is 4.90 Å². The van der Waals surface area contributed by atoms with E-state index < -0.39 is 17.4 Å². The van der Waals surface area contributed by atoms with E-state index in [0.29, 0.717) is 24.3 Å². The van der Waals surface area contributed by atoms with Crippen LogP contribution in [0.15, 0.2) is 43.2 Å². The number of fused-ring (bicyclic) bond motifs is 1. The predicted molar refractivity (Wildman–Crippen MR) is 120 cm³/mol. The quantitative estimate of drug-likeness (QED) is 0.583. The van der Waals surface area contributed by atoms with Crippen molar-refractivity contribution in [2.24, 2.45) is 0 Å². The summed E-state index contributed by atoms with van der Waals surface area (Å²) in [7, 11) is 0. The van der Waals surface area contributed by atoms with Gasteiger partial charge < -0.3 is 14.9 Å². The number of aromatic hydroxyl groups is 1. The first-order valence-corrected chi connectivity index (χ1v) is 10.4. The lowest BCUT2D eigenvalue weighted by atomic mass is 10.0. The number of phenolic OH excluding ortho intramolecular Hbond substituents is 1. The van der Waals surface area contributed by atoms with E-state index in [-0.39, 0.29) is 39.7 Å². The smallest absolute Gasteiger partial charge is 0.246 e. The zero-order valence-electron chi connectivity index (χ0n) is 17.5. The Morgan fingerprint density at radius 2 is 1.91 bits per heavy atom. The van der Waals surface area contributed by atoms with Crippen LogP contribution in [0, 0.1) is 11.6 Å². The van der Waals surface area contributed by atoms with Gasteiger partial charge >= 0.3 is 0 Å². The van der Waals surface area contributed by atoms with Crippen LogP contribution in [-0.4, -0.2) is 51.1 Å². The molecule has 4 rings (SSSR count). The highest BCUT2D eigenvalue weighted by atomic mass is 35.5. The summed E-state index contributed by atoms with van der Waals surface area (Å²) in [6.45, 7) is 8.32. The number of benzene rings is 2. The zero-order valence-corrected chi connectivity index (χ0v) is 18.3. The summed E-state index contributed by atoms with van der Waals surface area (Å²) in [5, 5.41) is 10.4. The zero-order chi connectivity index (χ0) is 23.2. The Balaban J connectivity index is 1.83. The highest BCUT2D eigenvalue weighted by Gasteiger charge is 2.33. The Hall–Kier alpha value is -3.26. The molecule has 0 aliphatic carbocycles. The van der Waals surface area contributed by atoms with Gasteiger partial charge in [0.15, 0.2) is 5.82 Å². The highest BCUT2D eigenvalue weighted by Crippen LogP contribution is 2.42. The third kappa shape index (κ3) is 3.54. The molecule has 2 aromatic carbocycles. The Morgan fingerprint density at radius 3 is 2.53 bits per heavy atom. The first-order chi connectivity index (χ1) is 15.2. The number of rotatable bonds is 3. The lowest BCUT2D eigenvalue weighted by Crippen LogP contribution is -2.58. The van der Waals surface area contributed by atoms with Crippen molar-refractivity contribution in [3.05, 3.63) is 59.9 Å². The van der Waals surface area contributed by atoms with Gasteiger partial charge in [-0.3, -0.25) is 4.79 Å². The van der Waals surface area contributed by atoms with Crippen LogP contribution in [0.2, 0.25) is 5.02 Å². The fourth-order valence-electron chi connectivity index (χ4n) is 4.39. The molecule has 1 fully saturated rings. The van der Waals surface area contributed by atoms with Crippen molar-refractivity contribution < 1.29 is 18.7 Å². The molecule has 32 heavy (non-hydrogen) atoms. The normalized spacial score (nSPS) is 18.8. The fraction of sp³-hybridized carbons (Fsp3) is 0.261. The van der Waals surface area contributed by atoms with Gasteiger partial charge in [0, 0.05) is 36.1 Å². The maximum absolute atomic E-state index is 15.6. The summed E-state index contributed by atoms with van der Waals surface area (Å²) in [6, 6.07) is 4.91. The summed E-state index contributed by atoms with van der Waals surface area (Å²) in [4.78, 5) is 24.3. The molecule has 3 aromatic rings. The first kappa shape index (κ1) is 22.0. The van der Waals surface area contributed by atoms with Crippen LogP contribution in [-0.2, 0) is 4.79 Å². The van der Waals surface area contributed by atoms with E-state index in [0.717, 1.165) is 6.07 Å². The van der Waals surface area contributed by atoms with Gasteiger partial charge in [0.2, 0.25) is 5.91 Å². The maximum Gasteiger partial charge on any atom is 0.246 e. The number of nitrogens with zero attached hydrogens (tertiary/aromatic N) is 4. The van der Waals surface area contributed by atoms with Crippen LogP contribution in [0.1, 0.15) is 13.8 Å². The van der Waals surface area contributed by atoms with Crippen molar-refractivity contribution in [1.29, 1.82) is 0 Å². The molecular weight excluding hydrogens is 438 g/mol. The minimum absolute atomic E-state index is 0.0399. The predicted octanol–water partition coefficient (Wildman–Crippen LogP) is 4.55. The van der Waals surface area contributed by atoms with E-state index in [4.69, 9.17) is 11.6 Å². The van der Waals surface area contributed by atoms with Crippen LogP contribution < -0.4 is 4.90 Å². The van der Waals surface area contributed by atoms with Crippen molar-refractivity contribution in [2.75, 3.05) is 18.0 Å². The average Bonchev–Trinajstić information content (AvgIpc) is 2.74. The molecule has 1 aliphatic rings.